The molecule has 1 aliphatic rings. The Labute approximate surface area is 239 Å². The van der Waals surface area contributed by atoms with Gasteiger partial charge in [0.2, 0.25) is 0 Å². The second kappa shape index (κ2) is 11.3. The first-order valence-corrected chi connectivity index (χ1v) is 13.5. The molecule has 196 valence electrons. The van der Waals surface area contributed by atoms with E-state index in [4.69, 9.17) is 9.47 Å². The van der Waals surface area contributed by atoms with E-state index in [1.54, 1.807) is 24.3 Å². The summed E-state index contributed by atoms with van der Waals surface area (Å²) in [7, 11) is 0. The summed E-state index contributed by atoms with van der Waals surface area (Å²) in [5.74, 6) is -0.382. The van der Waals surface area contributed by atoms with Gasteiger partial charge < -0.3 is 9.47 Å². The first-order chi connectivity index (χ1) is 18.9. The fourth-order valence-electron chi connectivity index (χ4n) is 4.47. The van der Waals surface area contributed by atoms with E-state index in [9.17, 15) is 14.4 Å². The van der Waals surface area contributed by atoms with Crippen LogP contribution < -0.4 is 19.7 Å². The minimum absolute atomic E-state index is 0.154. The summed E-state index contributed by atoms with van der Waals surface area (Å²) in [5, 5.41) is 4.52. The number of hydrogen-bond acceptors (Lipinski definition) is 5. The van der Waals surface area contributed by atoms with Crippen LogP contribution in [0.4, 0.5) is 10.5 Å². The number of amides is 4. The third-order valence-corrected chi connectivity index (χ3v) is 7.06. The van der Waals surface area contributed by atoms with E-state index in [2.05, 4.69) is 46.1 Å². The molecule has 4 aromatic carbocycles. The number of nitrogens with one attached hydrogen (secondary N) is 1. The number of nitrogens with zero attached hydrogens (tertiary/aromatic N) is 1. The maximum absolute atomic E-state index is 13.3. The van der Waals surface area contributed by atoms with E-state index in [0.29, 0.717) is 36.0 Å². The highest BCUT2D eigenvalue weighted by atomic mass is 127. The molecule has 8 heteroatoms. The van der Waals surface area contributed by atoms with Gasteiger partial charge in [0.25, 0.3) is 11.8 Å². The van der Waals surface area contributed by atoms with Gasteiger partial charge in [-0.2, -0.15) is 0 Å². The monoisotopic (exact) mass is 632 g/mol. The number of ether oxygens (including phenoxy) is 2. The number of hydrogen-bond donors (Lipinski definition) is 1. The largest absolute Gasteiger partial charge is 0.490 e. The van der Waals surface area contributed by atoms with Gasteiger partial charge in [-0.25, -0.2) is 9.69 Å². The molecule has 39 heavy (non-hydrogen) atoms. The molecule has 1 fully saturated rings. The normalized spacial score (nSPS) is 14.6. The van der Waals surface area contributed by atoms with Gasteiger partial charge in [0, 0.05) is 0 Å². The summed E-state index contributed by atoms with van der Waals surface area (Å²) in [6.45, 7) is 4.47. The molecule has 1 aliphatic heterocycles. The number of barbiturate groups is 1. The molecule has 0 atom stereocenters. The van der Waals surface area contributed by atoms with Crippen LogP contribution in [0.25, 0.3) is 16.8 Å². The Morgan fingerprint density at radius 3 is 2.49 bits per heavy atom. The van der Waals surface area contributed by atoms with Crippen molar-refractivity contribution in [1.29, 1.82) is 0 Å². The van der Waals surface area contributed by atoms with Crippen LogP contribution in [0.1, 0.15) is 23.6 Å². The van der Waals surface area contributed by atoms with Gasteiger partial charge in [-0.15, -0.1) is 0 Å². The Bertz CT molecular complexity index is 1640. The molecule has 1 saturated heterocycles. The summed E-state index contributed by atoms with van der Waals surface area (Å²) in [6.07, 6.45) is 1.46. The number of carbonyl (C=O) groups excluding carboxylic acids is 3. The SMILES string of the molecule is CCOc1cc(/C=C2\C(=O)NC(=O)N(c3cccc(C)c3)C2=O)cc(I)c1OCc1cccc2ccccc12. The molecular formula is C31H25IN2O5. The van der Waals surface area contributed by atoms with Gasteiger partial charge in [0.1, 0.15) is 12.2 Å². The fraction of sp³-hybridized carbons (Fsp3) is 0.129. The van der Waals surface area contributed by atoms with Crippen LogP contribution in [0.2, 0.25) is 0 Å². The Morgan fingerprint density at radius 2 is 1.69 bits per heavy atom. The zero-order valence-corrected chi connectivity index (χ0v) is 23.5. The Kier molecular flexibility index (Phi) is 7.65. The van der Waals surface area contributed by atoms with E-state index >= 15 is 0 Å². The highest BCUT2D eigenvalue weighted by Crippen LogP contribution is 2.36. The van der Waals surface area contributed by atoms with Gasteiger partial charge in [-0.05, 0) is 94.2 Å². The van der Waals surface area contributed by atoms with Crippen LogP contribution in [0, 0.1) is 10.5 Å². The van der Waals surface area contributed by atoms with Crippen molar-refractivity contribution in [3.8, 4) is 11.5 Å². The van der Waals surface area contributed by atoms with Gasteiger partial charge in [0.15, 0.2) is 11.5 Å². The number of imide groups is 2. The van der Waals surface area contributed by atoms with E-state index in [1.807, 2.05) is 50.2 Å². The Hall–Kier alpha value is -4.18. The highest BCUT2D eigenvalue weighted by molar-refractivity contribution is 14.1. The first kappa shape index (κ1) is 26.4. The maximum atomic E-state index is 13.3. The lowest BCUT2D eigenvalue weighted by atomic mass is 10.1. The van der Waals surface area contributed by atoms with E-state index in [1.165, 1.54) is 6.08 Å². The van der Waals surface area contributed by atoms with Crippen LogP contribution in [0.15, 0.2) is 84.4 Å². The summed E-state index contributed by atoms with van der Waals surface area (Å²) in [6, 6.07) is 23.9. The molecule has 0 bridgehead atoms. The lowest BCUT2D eigenvalue weighted by Gasteiger charge is -2.26. The molecule has 0 aromatic heterocycles. The number of benzene rings is 4. The standard InChI is InChI=1S/C31H25IN2O5/c1-3-38-27-17-20(15-25-29(35)33-31(37)34(30(25)36)23-12-6-8-19(2)14-23)16-26(32)28(27)39-18-22-11-7-10-21-9-4-5-13-24(21)22/h4-17H,3,18H2,1-2H3,(H,33,35,37)/b25-15+. The molecule has 1 heterocycles. The predicted molar refractivity (Wildman–Crippen MR) is 159 cm³/mol. The van der Waals surface area contributed by atoms with Gasteiger partial charge in [-0.3, -0.25) is 14.9 Å². The van der Waals surface area contributed by atoms with Crippen LogP contribution in [0.5, 0.6) is 11.5 Å². The Morgan fingerprint density at radius 1 is 0.923 bits per heavy atom. The van der Waals surface area contributed by atoms with Crippen LogP contribution >= 0.6 is 22.6 Å². The average molecular weight is 632 g/mol. The molecule has 0 unspecified atom stereocenters. The number of carbonyl (C=O) groups is 3. The molecule has 7 nitrogen and oxygen atoms in total. The molecule has 0 radical (unpaired) electrons. The summed E-state index contributed by atoms with van der Waals surface area (Å²) in [4.78, 5) is 39.5. The smallest absolute Gasteiger partial charge is 0.335 e. The third-order valence-electron chi connectivity index (χ3n) is 6.26. The molecule has 0 aliphatic carbocycles. The van der Waals surface area contributed by atoms with Gasteiger partial charge >= 0.3 is 6.03 Å². The van der Waals surface area contributed by atoms with Crippen molar-refractivity contribution >= 4 is 63.0 Å². The second-order valence-corrected chi connectivity index (χ2v) is 10.1. The van der Waals surface area contributed by atoms with Crippen LogP contribution in [-0.4, -0.2) is 24.5 Å². The minimum atomic E-state index is -0.783. The van der Waals surface area contributed by atoms with Crippen LogP contribution in [0.3, 0.4) is 0 Å². The maximum Gasteiger partial charge on any atom is 0.335 e. The van der Waals surface area contributed by atoms with Crippen molar-refractivity contribution < 1.29 is 23.9 Å². The third kappa shape index (κ3) is 5.51. The number of urea groups is 1. The quantitative estimate of drug-likeness (QED) is 0.145. The molecule has 0 spiro atoms. The first-order valence-electron chi connectivity index (χ1n) is 12.4. The molecule has 1 N–H and O–H groups in total. The molecule has 4 aromatic rings. The number of fused-ring (bicyclic) bond motifs is 1. The van der Waals surface area contributed by atoms with Crippen molar-refractivity contribution in [3.05, 3.63) is 105 Å². The number of aryl methyl sites for hydroxylation is 1. The minimum Gasteiger partial charge on any atom is -0.490 e. The van der Waals surface area contributed by atoms with Gasteiger partial charge in [0.05, 0.1) is 15.9 Å². The number of anilines is 1. The molecule has 5 rings (SSSR count). The van der Waals surface area contributed by atoms with Crippen molar-refractivity contribution in [1.82, 2.24) is 5.32 Å². The summed E-state index contributed by atoms with van der Waals surface area (Å²) >= 11 is 2.15. The predicted octanol–water partition coefficient (Wildman–Crippen LogP) is 6.40. The van der Waals surface area contributed by atoms with Gasteiger partial charge in [-0.1, -0.05) is 54.6 Å². The van der Waals surface area contributed by atoms with E-state index in [-0.39, 0.29) is 5.57 Å². The van der Waals surface area contributed by atoms with Crippen molar-refractivity contribution in [2.75, 3.05) is 11.5 Å². The highest BCUT2D eigenvalue weighted by Gasteiger charge is 2.37. The summed E-state index contributed by atoms with van der Waals surface area (Å²) < 4.78 is 12.9. The Balaban J connectivity index is 1.47. The topological polar surface area (TPSA) is 84.9 Å². The zero-order chi connectivity index (χ0) is 27.5. The lowest BCUT2D eigenvalue weighted by molar-refractivity contribution is -0.122. The lowest BCUT2D eigenvalue weighted by Crippen LogP contribution is -2.54. The van der Waals surface area contributed by atoms with Crippen molar-refractivity contribution in [2.45, 2.75) is 20.5 Å². The molecule has 0 saturated carbocycles. The second-order valence-electron chi connectivity index (χ2n) is 8.99. The van der Waals surface area contributed by atoms with Crippen molar-refractivity contribution in [3.63, 3.8) is 0 Å². The summed E-state index contributed by atoms with van der Waals surface area (Å²) in [5.41, 5.74) is 2.72. The molecular weight excluding hydrogens is 607 g/mol. The zero-order valence-electron chi connectivity index (χ0n) is 21.4. The number of rotatable bonds is 7. The van der Waals surface area contributed by atoms with E-state index in [0.717, 1.165) is 30.4 Å². The van der Waals surface area contributed by atoms with E-state index < -0.39 is 17.8 Å². The fourth-order valence-corrected chi connectivity index (χ4v) is 5.25. The molecule has 4 amide bonds. The average Bonchev–Trinajstić information content (AvgIpc) is 2.91. The van der Waals surface area contributed by atoms with Crippen molar-refractivity contribution in [2.24, 2.45) is 0 Å². The van der Waals surface area contributed by atoms with Crippen LogP contribution in [-0.2, 0) is 16.2 Å². The number of halogens is 1.